The fourth-order valence-electron chi connectivity index (χ4n) is 2.56. The van der Waals surface area contributed by atoms with Crippen molar-refractivity contribution >= 4 is 24.5 Å². The van der Waals surface area contributed by atoms with E-state index in [9.17, 15) is 19.7 Å². The second-order valence-corrected chi connectivity index (χ2v) is 6.03. The Morgan fingerprint density at radius 1 is 1.43 bits per heavy atom. The summed E-state index contributed by atoms with van der Waals surface area (Å²) in [5.74, 6) is -2.10. The van der Waals surface area contributed by atoms with Gasteiger partial charge >= 0.3 is 5.97 Å². The van der Waals surface area contributed by atoms with E-state index in [0.717, 1.165) is 0 Å². The predicted molar refractivity (Wildman–Crippen MR) is 83.9 cm³/mol. The van der Waals surface area contributed by atoms with Crippen molar-refractivity contribution in [3.63, 3.8) is 0 Å². The first-order valence-electron chi connectivity index (χ1n) is 6.99. The van der Waals surface area contributed by atoms with Gasteiger partial charge < -0.3 is 10.5 Å². The summed E-state index contributed by atoms with van der Waals surface area (Å²) in [4.78, 5) is 35.6. The number of carbonyl (C=O) groups excluding carboxylic acids is 2. The molecular weight excluding hydrogens is 322 g/mol. The summed E-state index contributed by atoms with van der Waals surface area (Å²) in [6.45, 7) is -0.260. The molecule has 9 heteroatoms. The van der Waals surface area contributed by atoms with Crippen LogP contribution >= 0.6 is 12.6 Å². The van der Waals surface area contributed by atoms with Crippen molar-refractivity contribution < 1.29 is 19.4 Å². The molecule has 1 aliphatic rings. The highest BCUT2D eigenvalue weighted by atomic mass is 32.1. The third kappa shape index (κ3) is 3.39. The molecule has 0 radical (unpaired) electrons. The van der Waals surface area contributed by atoms with Gasteiger partial charge in [0.25, 0.3) is 11.4 Å². The predicted octanol–water partition coefficient (Wildman–Crippen LogP) is 0.540. The molecule has 1 saturated heterocycles. The average Bonchev–Trinajstić information content (AvgIpc) is 2.53. The minimum absolute atomic E-state index is 0.0927. The number of nitrogens with two attached hydrogens (primary N) is 1. The Kier molecular flexibility index (Phi) is 5.09. The molecule has 2 atom stereocenters. The summed E-state index contributed by atoms with van der Waals surface area (Å²) in [5.41, 5.74) is 3.94. The van der Waals surface area contributed by atoms with Crippen LogP contribution in [0, 0.1) is 10.1 Å². The lowest BCUT2D eigenvalue weighted by Crippen LogP contribution is -2.68. The molecule has 1 heterocycles. The third-order valence-electron chi connectivity index (χ3n) is 3.82. The Balaban J connectivity index is 2.23. The maximum atomic E-state index is 12.5. The fraction of sp³-hybridized carbons (Fsp3) is 0.429. The summed E-state index contributed by atoms with van der Waals surface area (Å²) in [7, 11) is 0. The number of carbonyl (C=O) groups is 2. The molecule has 0 unspecified atom stereocenters. The largest absolute Gasteiger partial charge is 0.459 e. The molecule has 1 amide bonds. The number of amides is 1. The highest BCUT2D eigenvalue weighted by molar-refractivity contribution is 7.81. The number of rotatable bonds is 5. The number of thiol groups is 1. The van der Waals surface area contributed by atoms with Crippen LogP contribution in [0.3, 0.4) is 0 Å². The van der Waals surface area contributed by atoms with Crippen molar-refractivity contribution in [2.24, 2.45) is 5.73 Å². The van der Waals surface area contributed by atoms with Gasteiger partial charge in [-0.1, -0.05) is 30.3 Å². The Bertz CT molecular complexity index is 612. The normalized spacial score (nSPS) is 24.0. The average molecular weight is 339 g/mol. The van der Waals surface area contributed by atoms with Crippen LogP contribution in [0.25, 0.3) is 0 Å². The van der Waals surface area contributed by atoms with Gasteiger partial charge in [-0.05, 0) is 18.4 Å². The van der Waals surface area contributed by atoms with E-state index in [1.807, 2.05) is 0 Å². The number of piperidine rings is 1. The molecule has 0 bridgehead atoms. The van der Waals surface area contributed by atoms with Gasteiger partial charge in [-0.3, -0.25) is 4.79 Å². The molecule has 1 fully saturated rings. The van der Waals surface area contributed by atoms with Gasteiger partial charge in [0.15, 0.2) is 5.03 Å². The Labute approximate surface area is 138 Å². The first kappa shape index (κ1) is 17.1. The molecule has 1 aliphatic heterocycles. The van der Waals surface area contributed by atoms with Gasteiger partial charge in [0.2, 0.25) is 0 Å². The Morgan fingerprint density at radius 3 is 2.65 bits per heavy atom. The van der Waals surface area contributed by atoms with Crippen LogP contribution in [0.2, 0.25) is 0 Å². The van der Waals surface area contributed by atoms with Gasteiger partial charge in [-0.25, -0.2) is 14.9 Å². The van der Waals surface area contributed by atoms with E-state index in [2.05, 4.69) is 12.6 Å². The third-order valence-corrected chi connectivity index (χ3v) is 4.24. The highest BCUT2D eigenvalue weighted by Crippen LogP contribution is 2.32. The second-order valence-electron chi connectivity index (χ2n) is 5.30. The molecular formula is C14H17N3O5S. The quantitative estimate of drug-likeness (QED) is 0.266. The second kappa shape index (κ2) is 6.86. The molecule has 2 N–H and O–H groups in total. The van der Waals surface area contributed by atoms with Crippen LogP contribution in [-0.2, 0) is 20.9 Å². The maximum absolute atomic E-state index is 12.5. The topological polar surface area (TPSA) is 116 Å². The van der Waals surface area contributed by atoms with Crippen molar-refractivity contribution in [3.8, 4) is 0 Å². The van der Waals surface area contributed by atoms with Crippen molar-refractivity contribution in [2.45, 2.75) is 30.2 Å². The van der Waals surface area contributed by atoms with E-state index >= 15 is 0 Å². The van der Waals surface area contributed by atoms with E-state index in [0.29, 0.717) is 17.0 Å². The van der Waals surface area contributed by atoms with Crippen LogP contribution in [0.4, 0.5) is 0 Å². The molecule has 23 heavy (non-hydrogen) atoms. The van der Waals surface area contributed by atoms with E-state index in [-0.39, 0.29) is 24.8 Å². The van der Waals surface area contributed by atoms with Crippen LogP contribution in [0.5, 0.6) is 0 Å². The molecule has 1 aromatic rings. The van der Waals surface area contributed by atoms with Crippen LogP contribution in [-0.4, -0.2) is 39.3 Å². The van der Waals surface area contributed by atoms with E-state index in [1.165, 1.54) is 0 Å². The molecule has 0 saturated carbocycles. The highest BCUT2D eigenvalue weighted by Gasteiger charge is 2.59. The lowest BCUT2D eigenvalue weighted by molar-refractivity contribution is -0.669. The first-order chi connectivity index (χ1) is 10.9. The van der Waals surface area contributed by atoms with E-state index in [1.54, 1.807) is 30.3 Å². The summed E-state index contributed by atoms with van der Waals surface area (Å²) < 4.78 is 5.14. The number of hydrogen-bond acceptors (Lipinski definition) is 6. The van der Waals surface area contributed by atoms with Crippen LogP contribution in [0.1, 0.15) is 18.4 Å². The van der Waals surface area contributed by atoms with Crippen LogP contribution < -0.4 is 5.73 Å². The zero-order valence-electron chi connectivity index (χ0n) is 12.3. The molecule has 124 valence electrons. The van der Waals surface area contributed by atoms with E-state index < -0.39 is 22.4 Å². The van der Waals surface area contributed by atoms with Gasteiger partial charge in [0, 0.05) is 5.25 Å². The fourth-order valence-corrected chi connectivity index (χ4v) is 2.84. The molecule has 0 spiro atoms. The SMILES string of the molecule is NC(=O)[C@]1(C(=O)OCc2ccccc2)CC[C@H](S)CN1[N+](=O)[O-]. The molecule has 2 rings (SSSR count). The van der Waals surface area contributed by atoms with Crippen molar-refractivity contribution in [1.82, 2.24) is 5.01 Å². The number of hydrazine groups is 1. The number of esters is 1. The van der Waals surface area contributed by atoms with Crippen molar-refractivity contribution in [2.75, 3.05) is 6.54 Å². The number of nitro groups is 1. The van der Waals surface area contributed by atoms with Gasteiger partial charge in [0.05, 0.1) is 6.54 Å². The molecule has 0 aliphatic carbocycles. The number of ether oxygens (including phenoxy) is 1. The Morgan fingerprint density at radius 2 is 2.09 bits per heavy atom. The van der Waals surface area contributed by atoms with Crippen molar-refractivity contribution in [3.05, 3.63) is 46.0 Å². The maximum Gasteiger partial charge on any atom is 0.348 e. The zero-order chi connectivity index (χ0) is 17.0. The summed E-state index contributed by atoms with van der Waals surface area (Å²) in [6.07, 6.45) is 0.238. The molecule has 8 nitrogen and oxygen atoms in total. The van der Waals surface area contributed by atoms with E-state index in [4.69, 9.17) is 10.5 Å². The zero-order valence-corrected chi connectivity index (χ0v) is 13.1. The Hall–Kier alpha value is -2.29. The van der Waals surface area contributed by atoms with Crippen LogP contribution in [0.15, 0.2) is 30.3 Å². The minimum Gasteiger partial charge on any atom is -0.459 e. The molecule has 0 aromatic heterocycles. The summed E-state index contributed by atoms with van der Waals surface area (Å²) >= 11 is 4.19. The first-order valence-corrected chi connectivity index (χ1v) is 7.50. The number of benzene rings is 1. The van der Waals surface area contributed by atoms with Crippen molar-refractivity contribution in [1.29, 1.82) is 0 Å². The van der Waals surface area contributed by atoms with Gasteiger partial charge in [-0.15, -0.1) is 5.01 Å². The number of hydrogen-bond donors (Lipinski definition) is 2. The molecule has 1 aromatic carbocycles. The minimum atomic E-state index is -2.10. The van der Waals surface area contributed by atoms with Gasteiger partial charge in [0.1, 0.15) is 6.61 Å². The number of nitrogens with zero attached hydrogens (tertiary/aromatic N) is 2. The standard InChI is InChI=1S/C14H17N3O5S/c15-12(18)14(7-6-11(23)8-16(14)17(20)21)13(19)22-9-10-4-2-1-3-5-10/h1-5,11,23H,6-9H2,(H2,15,18)/t11-,14-/m0/s1. The summed E-state index contributed by atoms with van der Waals surface area (Å²) in [5, 5.41) is 10.7. The summed E-state index contributed by atoms with van der Waals surface area (Å²) in [6, 6.07) is 8.81. The van der Waals surface area contributed by atoms with Gasteiger partial charge in [-0.2, -0.15) is 12.6 Å². The smallest absolute Gasteiger partial charge is 0.348 e. The lowest BCUT2D eigenvalue weighted by Gasteiger charge is -2.38. The lowest BCUT2D eigenvalue weighted by atomic mass is 9.87. The number of primary amides is 1. The monoisotopic (exact) mass is 339 g/mol.